The predicted octanol–water partition coefficient (Wildman–Crippen LogP) is 4.64. The highest BCUT2D eigenvalue weighted by Crippen LogP contribution is 2.29. The van der Waals surface area contributed by atoms with Gasteiger partial charge in [-0.25, -0.2) is 4.79 Å². The van der Waals surface area contributed by atoms with Crippen LogP contribution in [0.4, 0.5) is 0 Å². The van der Waals surface area contributed by atoms with Crippen molar-refractivity contribution in [1.29, 1.82) is 0 Å². The molecular formula is C17H11Cl2NO3. The first-order chi connectivity index (χ1) is 10.9. The summed E-state index contributed by atoms with van der Waals surface area (Å²) in [7, 11) is 0. The van der Waals surface area contributed by atoms with Crippen LogP contribution in [0.1, 0.15) is 26.4 Å². The zero-order chi connectivity index (χ0) is 16.7. The van der Waals surface area contributed by atoms with E-state index in [4.69, 9.17) is 23.2 Å². The van der Waals surface area contributed by atoms with E-state index in [2.05, 4.69) is 0 Å². The lowest BCUT2D eigenvalue weighted by Crippen LogP contribution is -2.14. The van der Waals surface area contributed by atoms with Crippen LogP contribution in [0, 0.1) is 6.92 Å². The number of carbonyl (C=O) groups excluding carboxylic acids is 1. The normalized spacial score (nSPS) is 10.9. The highest BCUT2D eigenvalue weighted by atomic mass is 35.5. The van der Waals surface area contributed by atoms with E-state index in [1.54, 1.807) is 37.3 Å². The first-order valence-corrected chi connectivity index (χ1v) is 7.50. The number of fused-ring (bicyclic) bond motifs is 1. The molecule has 0 saturated heterocycles. The molecule has 0 unspecified atom stereocenters. The number of carboxylic acids is 1. The second-order valence-electron chi connectivity index (χ2n) is 5.05. The molecule has 6 heteroatoms. The Kier molecular flexibility index (Phi) is 3.88. The van der Waals surface area contributed by atoms with Crippen molar-refractivity contribution in [2.75, 3.05) is 0 Å². The molecule has 0 aliphatic carbocycles. The molecule has 1 aromatic heterocycles. The maximum Gasteiger partial charge on any atom is 0.338 e. The van der Waals surface area contributed by atoms with E-state index in [-0.39, 0.29) is 16.1 Å². The van der Waals surface area contributed by atoms with Gasteiger partial charge in [-0.3, -0.25) is 9.36 Å². The fourth-order valence-electron chi connectivity index (χ4n) is 2.68. The zero-order valence-electron chi connectivity index (χ0n) is 12.0. The van der Waals surface area contributed by atoms with Crippen LogP contribution in [0.3, 0.4) is 0 Å². The van der Waals surface area contributed by atoms with Crippen molar-refractivity contribution in [2.24, 2.45) is 0 Å². The Morgan fingerprint density at radius 3 is 2.43 bits per heavy atom. The summed E-state index contributed by atoms with van der Waals surface area (Å²) in [5.41, 5.74) is 1.25. The van der Waals surface area contributed by atoms with Gasteiger partial charge in [0.25, 0.3) is 5.91 Å². The predicted molar refractivity (Wildman–Crippen MR) is 89.8 cm³/mol. The second kappa shape index (κ2) is 5.72. The van der Waals surface area contributed by atoms with Gasteiger partial charge in [0.2, 0.25) is 0 Å². The number of aromatic nitrogens is 1. The quantitative estimate of drug-likeness (QED) is 0.734. The molecule has 4 nitrogen and oxygen atoms in total. The number of carboxylic acid groups (broad SMARTS) is 1. The van der Waals surface area contributed by atoms with Gasteiger partial charge >= 0.3 is 5.97 Å². The molecular weight excluding hydrogens is 337 g/mol. The lowest BCUT2D eigenvalue weighted by molar-refractivity contribution is 0.0698. The lowest BCUT2D eigenvalue weighted by atomic mass is 10.1. The van der Waals surface area contributed by atoms with Crippen LogP contribution in [0.2, 0.25) is 10.0 Å². The minimum atomic E-state index is -1.08. The topological polar surface area (TPSA) is 59.3 Å². The highest BCUT2D eigenvalue weighted by molar-refractivity contribution is 6.37. The second-order valence-corrected chi connectivity index (χ2v) is 5.89. The fraction of sp³-hybridized carbons (Fsp3) is 0.0588. The SMILES string of the molecule is Cc1c(C(=O)O)c2ccccc2n1C(=O)c1ccc(Cl)cc1Cl. The average Bonchev–Trinajstić information content (AvgIpc) is 2.78. The van der Waals surface area contributed by atoms with Crippen LogP contribution >= 0.6 is 23.2 Å². The summed E-state index contributed by atoms with van der Waals surface area (Å²) in [5.74, 6) is -1.47. The number of hydrogen-bond acceptors (Lipinski definition) is 2. The number of para-hydroxylation sites is 1. The lowest BCUT2D eigenvalue weighted by Gasteiger charge is -2.09. The summed E-state index contributed by atoms with van der Waals surface area (Å²) in [6, 6.07) is 11.4. The van der Waals surface area contributed by atoms with E-state index in [0.717, 1.165) is 0 Å². The van der Waals surface area contributed by atoms with Gasteiger partial charge in [-0.05, 0) is 31.2 Å². The maximum absolute atomic E-state index is 12.9. The molecule has 0 aliphatic heterocycles. The van der Waals surface area contributed by atoms with E-state index in [9.17, 15) is 14.7 Å². The van der Waals surface area contributed by atoms with Crippen molar-refractivity contribution in [3.8, 4) is 0 Å². The van der Waals surface area contributed by atoms with E-state index in [0.29, 0.717) is 21.6 Å². The number of rotatable bonds is 2. The maximum atomic E-state index is 12.9. The third-order valence-electron chi connectivity index (χ3n) is 3.69. The van der Waals surface area contributed by atoms with Crippen LogP contribution in [-0.2, 0) is 0 Å². The molecule has 0 amide bonds. The Morgan fingerprint density at radius 1 is 1.09 bits per heavy atom. The Labute approximate surface area is 141 Å². The molecule has 0 bridgehead atoms. The number of nitrogens with zero attached hydrogens (tertiary/aromatic N) is 1. The summed E-state index contributed by atoms with van der Waals surface area (Å²) >= 11 is 12.0. The monoisotopic (exact) mass is 347 g/mol. The Balaban J connectivity index is 2.30. The number of benzene rings is 2. The number of aromatic carboxylic acids is 1. The fourth-order valence-corrected chi connectivity index (χ4v) is 3.17. The molecule has 1 heterocycles. The number of halogens is 2. The van der Waals surface area contributed by atoms with Crippen molar-refractivity contribution in [3.63, 3.8) is 0 Å². The van der Waals surface area contributed by atoms with E-state index in [1.807, 2.05) is 0 Å². The smallest absolute Gasteiger partial charge is 0.338 e. The van der Waals surface area contributed by atoms with Crippen molar-refractivity contribution in [3.05, 3.63) is 69.3 Å². The van der Waals surface area contributed by atoms with E-state index >= 15 is 0 Å². The van der Waals surface area contributed by atoms with Gasteiger partial charge in [-0.1, -0.05) is 41.4 Å². The average molecular weight is 348 g/mol. The van der Waals surface area contributed by atoms with Gasteiger partial charge in [-0.15, -0.1) is 0 Å². The summed E-state index contributed by atoms with van der Waals surface area (Å²) in [4.78, 5) is 24.4. The van der Waals surface area contributed by atoms with Gasteiger partial charge < -0.3 is 5.11 Å². The largest absolute Gasteiger partial charge is 0.478 e. The standard InChI is InChI=1S/C17H11Cl2NO3/c1-9-15(17(22)23)12-4-2-3-5-14(12)20(9)16(21)11-7-6-10(18)8-13(11)19/h2-8H,1H3,(H,22,23). The first kappa shape index (κ1) is 15.6. The summed E-state index contributed by atoms with van der Waals surface area (Å²) in [6.07, 6.45) is 0. The Bertz CT molecular complexity index is 960. The van der Waals surface area contributed by atoms with Crippen molar-refractivity contribution < 1.29 is 14.7 Å². The summed E-state index contributed by atoms with van der Waals surface area (Å²) in [5, 5.41) is 10.6. The van der Waals surface area contributed by atoms with Gasteiger partial charge in [0.1, 0.15) is 0 Å². The summed E-state index contributed by atoms with van der Waals surface area (Å²) in [6.45, 7) is 1.60. The van der Waals surface area contributed by atoms with Gasteiger partial charge in [0.15, 0.2) is 0 Å². The molecule has 0 aliphatic rings. The molecule has 1 N–H and O–H groups in total. The molecule has 2 aromatic carbocycles. The Morgan fingerprint density at radius 2 is 1.78 bits per heavy atom. The van der Waals surface area contributed by atoms with E-state index in [1.165, 1.54) is 16.7 Å². The van der Waals surface area contributed by atoms with Crippen LogP contribution < -0.4 is 0 Å². The van der Waals surface area contributed by atoms with Crippen LogP contribution in [0.5, 0.6) is 0 Å². The molecule has 0 spiro atoms. The minimum absolute atomic E-state index is 0.110. The molecule has 0 fully saturated rings. The van der Waals surface area contributed by atoms with Gasteiger partial charge in [-0.2, -0.15) is 0 Å². The van der Waals surface area contributed by atoms with Crippen LogP contribution in [0.25, 0.3) is 10.9 Å². The molecule has 3 rings (SSSR count). The number of carbonyl (C=O) groups is 2. The Hall–Kier alpha value is -2.30. The third-order valence-corrected chi connectivity index (χ3v) is 4.24. The molecule has 23 heavy (non-hydrogen) atoms. The van der Waals surface area contributed by atoms with Gasteiger partial charge in [0, 0.05) is 16.1 Å². The third kappa shape index (κ3) is 2.50. The number of hydrogen-bond donors (Lipinski definition) is 1. The van der Waals surface area contributed by atoms with Crippen molar-refractivity contribution in [1.82, 2.24) is 4.57 Å². The highest BCUT2D eigenvalue weighted by Gasteiger charge is 2.24. The minimum Gasteiger partial charge on any atom is -0.478 e. The van der Waals surface area contributed by atoms with Crippen LogP contribution in [-0.4, -0.2) is 21.6 Å². The molecule has 116 valence electrons. The van der Waals surface area contributed by atoms with Crippen molar-refractivity contribution in [2.45, 2.75) is 6.92 Å². The molecule has 0 saturated carbocycles. The first-order valence-electron chi connectivity index (χ1n) is 6.75. The molecule has 0 radical (unpaired) electrons. The van der Waals surface area contributed by atoms with E-state index < -0.39 is 11.9 Å². The zero-order valence-corrected chi connectivity index (χ0v) is 13.5. The summed E-state index contributed by atoms with van der Waals surface area (Å²) < 4.78 is 1.37. The van der Waals surface area contributed by atoms with Crippen LogP contribution in [0.15, 0.2) is 42.5 Å². The van der Waals surface area contributed by atoms with Gasteiger partial charge in [0.05, 0.1) is 21.7 Å². The molecule has 0 atom stereocenters. The van der Waals surface area contributed by atoms with Crippen molar-refractivity contribution >= 4 is 46.0 Å². The molecule has 3 aromatic rings.